The Bertz CT molecular complexity index is 884. The molecule has 0 unspecified atom stereocenters. The van der Waals surface area contributed by atoms with E-state index in [0.717, 1.165) is 5.75 Å². The standard InChI is InChI=1S/C20H20N4OS/c1-24(2)18-8-4-3-6-15(18)14-26-20-17(7-5-11-22-20)19(25)23-16-9-12-21-13-10-16/h3-13H,14H2,1-2H3,(H,21,23,25). The van der Waals surface area contributed by atoms with Gasteiger partial charge in [0.25, 0.3) is 5.91 Å². The number of benzene rings is 1. The number of carbonyl (C=O) groups excluding carboxylic acids is 1. The fraction of sp³-hybridized carbons (Fsp3) is 0.150. The molecule has 0 saturated heterocycles. The Hall–Kier alpha value is -2.86. The first-order chi connectivity index (χ1) is 12.6. The first-order valence-corrected chi connectivity index (χ1v) is 9.18. The van der Waals surface area contributed by atoms with Crippen molar-refractivity contribution < 1.29 is 4.79 Å². The van der Waals surface area contributed by atoms with Crippen LogP contribution in [0.3, 0.4) is 0 Å². The van der Waals surface area contributed by atoms with Crippen LogP contribution in [0.5, 0.6) is 0 Å². The van der Waals surface area contributed by atoms with E-state index in [1.807, 2.05) is 26.2 Å². The van der Waals surface area contributed by atoms with Crippen LogP contribution in [0.25, 0.3) is 0 Å². The van der Waals surface area contributed by atoms with Gasteiger partial charge in [-0.15, -0.1) is 11.8 Å². The van der Waals surface area contributed by atoms with Crippen LogP contribution in [0, 0.1) is 0 Å². The summed E-state index contributed by atoms with van der Waals surface area (Å²) in [6, 6.07) is 15.3. The number of anilines is 2. The lowest BCUT2D eigenvalue weighted by Crippen LogP contribution is -2.14. The zero-order chi connectivity index (χ0) is 18.4. The number of rotatable bonds is 6. The van der Waals surface area contributed by atoms with Crippen molar-refractivity contribution in [1.82, 2.24) is 9.97 Å². The zero-order valence-corrected chi connectivity index (χ0v) is 15.5. The Labute approximate surface area is 157 Å². The number of hydrogen-bond donors (Lipinski definition) is 1. The number of nitrogens with zero attached hydrogens (tertiary/aromatic N) is 3. The van der Waals surface area contributed by atoms with Crippen molar-refractivity contribution >= 4 is 29.0 Å². The summed E-state index contributed by atoms with van der Waals surface area (Å²) in [7, 11) is 4.05. The number of amides is 1. The molecule has 1 aromatic carbocycles. The molecule has 0 fully saturated rings. The van der Waals surface area contributed by atoms with Gasteiger partial charge in [0.15, 0.2) is 0 Å². The Morgan fingerprint density at radius 3 is 2.58 bits per heavy atom. The van der Waals surface area contributed by atoms with Gasteiger partial charge in [-0.1, -0.05) is 18.2 Å². The van der Waals surface area contributed by atoms with E-state index >= 15 is 0 Å². The molecule has 0 radical (unpaired) electrons. The Kier molecular flexibility index (Phi) is 5.86. The first kappa shape index (κ1) is 17.9. The molecule has 26 heavy (non-hydrogen) atoms. The zero-order valence-electron chi connectivity index (χ0n) is 14.7. The molecule has 0 aliphatic rings. The SMILES string of the molecule is CN(C)c1ccccc1CSc1ncccc1C(=O)Nc1ccncc1. The van der Waals surface area contributed by atoms with Gasteiger partial charge in [0.1, 0.15) is 5.03 Å². The summed E-state index contributed by atoms with van der Waals surface area (Å²) < 4.78 is 0. The van der Waals surface area contributed by atoms with E-state index in [9.17, 15) is 4.79 Å². The highest BCUT2D eigenvalue weighted by Gasteiger charge is 2.14. The highest BCUT2D eigenvalue weighted by Crippen LogP contribution is 2.29. The molecule has 2 aromatic heterocycles. The smallest absolute Gasteiger partial charge is 0.258 e. The van der Waals surface area contributed by atoms with Gasteiger partial charge in [0.2, 0.25) is 0 Å². The predicted octanol–water partition coefficient (Wildman–Crippen LogP) is 4.09. The minimum Gasteiger partial charge on any atom is -0.377 e. The Morgan fingerprint density at radius 1 is 1.04 bits per heavy atom. The van der Waals surface area contributed by atoms with Crippen molar-refractivity contribution in [1.29, 1.82) is 0 Å². The molecule has 1 amide bonds. The molecule has 1 N–H and O–H groups in total. The largest absolute Gasteiger partial charge is 0.377 e. The number of aromatic nitrogens is 2. The fourth-order valence-electron chi connectivity index (χ4n) is 2.53. The van der Waals surface area contributed by atoms with E-state index in [1.165, 1.54) is 11.3 Å². The first-order valence-electron chi connectivity index (χ1n) is 8.19. The third kappa shape index (κ3) is 4.40. The Morgan fingerprint density at radius 2 is 1.81 bits per heavy atom. The normalized spacial score (nSPS) is 10.4. The average molecular weight is 364 g/mol. The lowest BCUT2D eigenvalue weighted by molar-refractivity contribution is 0.102. The number of pyridine rings is 2. The van der Waals surface area contributed by atoms with Gasteiger partial charge in [-0.3, -0.25) is 9.78 Å². The van der Waals surface area contributed by atoms with Crippen LogP contribution in [-0.2, 0) is 5.75 Å². The lowest BCUT2D eigenvalue weighted by atomic mass is 10.2. The van der Waals surface area contributed by atoms with Crippen molar-refractivity contribution in [3.8, 4) is 0 Å². The van der Waals surface area contributed by atoms with Gasteiger partial charge in [-0.05, 0) is 35.9 Å². The van der Waals surface area contributed by atoms with Gasteiger partial charge in [-0.2, -0.15) is 0 Å². The highest BCUT2D eigenvalue weighted by molar-refractivity contribution is 7.98. The van der Waals surface area contributed by atoms with Gasteiger partial charge in [0, 0.05) is 49.8 Å². The van der Waals surface area contributed by atoms with Crippen molar-refractivity contribution in [2.45, 2.75) is 10.8 Å². The summed E-state index contributed by atoms with van der Waals surface area (Å²) >= 11 is 1.56. The van der Waals surface area contributed by atoms with Crippen LogP contribution in [0.2, 0.25) is 0 Å². The van der Waals surface area contributed by atoms with Crippen molar-refractivity contribution in [3.05, 3.63) is 78.2 Å². The lowest BCUT2D eigenvalue weighted by Gasteiger charge is -2.17. The topological polar surface area (TPSA) is 58.1 Å². The van der Waals surface area contributed by atoms with E-state index in [2.05, 4.69) is 32.3 Å². The van der Waals surface area contributed by atoms with E-state index in [0.29, 0.717) is 16.3 Å². The predicted molar refractivity (Wildman–Crippen MR) is 107 cm³/mol. The summed E-state index contributed by atoms with van der Waals surface area (Å²) in [5.41, 5.74) is 3.65. The fourth-order valence-corrected chi connectivity index (χ4v) is 3.52. The second-order valence-electron chi connectivity index (χ2n) is 5.86. The summed E-state index contributed by atoms with van der Waals surface area (Å²) in [5, 5.41) is 3.60. The Balaban J connectivity index is 1.77. The van der Waals surface area contributed by atoms with Gasteiger partial charge >= 0.3 is 0 Å². The van der Waals surface area contributed by atoms with E-state index in [-0.39, 0.29) is 5.91 Å². The maximum absolute atomic E-state index is 12.6. The number of nitrogens with one attached hydrogen (secondary N) is 1. The molecule has 0 aliphatic carbocycles. The third-order valence-electron chi connectivity index (χ3n) is 3.79. The molecule has 132 valence electrons. The van der Waals surface area contributed by atoms with Crippen LogP contribution in [-0.4, -0.2) is 30.0 Å². The minimum absolute atomic E-state index is 0.173. The molecule has 3 aromatic rings. The van der Waals surface area contributed by atoms with Gasteiger partial charge in [0.05, 0.1) is 5.56 Å². The molecule has 6 heteroatoms. The summed E-state index contributed by atoms with van der Waals surface area (Å²) in [4.78, 5) is 23.1. The molecule has 3 rings (SSSR count). The molecule has 0 saturated carbocycles. The second-order valence-corrected chi connectivity index (χ2v) is 6.82. The molecule has 0 spiro atoms. The quantitative estimate of drug-likeness (QED) is 0.668. The third-order valence-corrected chi connectivity index (χ3v) is 4.85. The molecule has 0 atom stereocenters. The molecule has 0 aliphatic heterocycles. The highest BCUT2D eigenvalue weighted by atomic mass is 32.2. The molecular formula is C20H20N4OS. The summed E-state index contributed by atoms with van der Waals surface area (Å²) in [6.07, 6.45) is 5.00. The maximum Gasteiger partial charge on any atom is 0.258 e. The summed E-state index contributed by atoms with van der Waals surface area (Å²) in [6.45, 7) is 0. The van der Waals surface area contributed by atoms with Crippen LogP contribution in [0.15, 0.2) is 72.1 Å². The van der Waals surface area contributed by atoms with E-state index in [1.54, 1.807) is 54.6 Å². The van der Waals surface area contributed by atoms with Crippen molar-refractivity contribution in [2.75, 3.05) is 24.3 Å². The van der Waals surface area contributed by atoms with Crippen LogP contribution in [0.1, 0.15) is 15.9 Å². The molecule has 2 heterocycles. The number of thioether (sulfide) groups is 1. The van der Waals surface area contributed by atoms with Crippen LogP contribution in [0.4, 0.5) is 11.4 Å². The van der Waals surface area contributed by atoms with E-state index in [4.69, 9.17) is 0 Å². The second kappa shape index (κ2) is 8.49. The van der Waals surface area contributed by atoms with Gasteiger partial charge < -0.3 is 10.2 Å². The molecule has 0 bridgehead atoms. The molecule has 5 nitrogen and oxygen atoms in total. The minimum atomic E-state index is -0.173. The average Bonchev–Trinajstić information content (AvgIpc) is 2.67. The number of para-hydroxylation sites is 1. The van der Waals surface area contributed by atoms with E-state index < -0.39 is 0 Å². The van der Waals surface area contributed by atoms with Gasteiger partial charge in [-0.25, -0.2) is 4.98 Å². The summed E-state index contributed by atoms with van der Waals surface area (Å²) in [5.74, 6) is 0.564. The maximum atomic E-state index is 12.6. The number of hydrogen-bond acceptors (Lipinski definition) is 5. The molecular weight excluding hydrogens is 344 g/mol. The van der Waals surface area contributed by atoms with Crippen LogP contribution < -0.4 is 10.2 Å². The monoisotopic (exact) mass is 364 g/mol. The van der Waals surface area contributed by atoms with Crippen LogP contribution >= 0.6 is 11.8 Å². The number of carbonyl (C=O) groups is 1. The van der Waals surface area contributed by atoms with Crippen molar-refractivity contribution in [3.63, 3.8) is 0 Å². The van der Waals surface area contributed by atoms with Crippen molar-refractivity contribution in [2.24, 2.45) is 0 Å².